The third-order valence-corrected chi connectivity index (χ3v) is 0.501. The molecule has 9 heavy (non-hydrogen) atoms. The Balaban J connectivity index is 3.39. The van der Waals surface area contributed by atoms with Crippen molar-refractivity contribution in [2.75, 3.05) is 0 Å². The van der Waals surface area contributed by atoms with Crippen LogP contribution in [0.5, 0.6) is 0 Å². The van der Waals surface area contributed by atoms with Gasteiger partial charge in [-0.25, -0.2) is 5.48 Å². The van der Waals surface area contributed by atoms with Crippen LogP contribution in [-0.4, -0.2) is 11.5 Å². The van der Waals surface area contributed by atoms with Gasteiger partial charge < -0.3 is 0 Å². The summed E-state index contributed by atoms with van der Waals surface area (Å²) < 4.78 is 0. The van der Waals surface area contributed by atoms with Crippen molar-refractivity contribution < 1.29 is 9.63 Å². The Labute approximate surface area is 55.3 Å². The Hall–Kier alpha value is -0.570. The van der Waals surface area contributed by atoms with Crippen molar-refractivity contribution in [3.05, 3.63) is 0 Å². The van der Waals surface area contributed by atoms with Crippen LogP contribution in [0.25, 0.3) is 0 Å². The van der Waals surface area contributed by atoms with E-state index in [0.717, 1.165) is 0 Å². The van der Waals surface area contributed by atoms with Crippen LogP contribution in [0.3, 0.4) is 0 Å². The van der Waals surface area contributed by atoms with Crippen LogP contribution in [0.15, 0.2) is 0 Å². The van der Waals surface area contributed by atoms with Crippen molar-refractivity contribution in [1.29, 1.82) is 0 Å². The van der Waals surface area contributed by atoms with E-state index in [2.05, 4.69) is 5.48 Å². The molecule has 0 aliphatic heterocycles. The molecule has 0 aliphatic carbocycles. The Morgan fingerprint density at radius 2 is 1.89 bits per heavy atom. The summed E-state index contributed by atoms with van der Waals surface area (Å²) in [5.41, 5.74) is 1.95. The molecule has 0 aromatic carbocycles. The van der Waals surface area contributed by atoms with Crippen molar-refractivity contribution in [3.8, 4) is 0 Å². The van der Waals surface area contributed by atoms with Crippen LogP contribution in [0.2, 0.25) is 0 Å². The largest absolute Gasteiger partial charge is 0.273 e. The topological polar surface area (TPSA) is 38.3 Å². The molecule has 3 heteroatoms. The van der Waals surface area contributed by atoms with Crippen LogP contribution in [0, 0.1) is 0 Å². The monoisotopic (exact) mass is 131 g/mol. The van der Waals surface area contributed by atoms with E-state index in [9.17, 15) is 4.79 Å². The highest BCUT2D eigenvalue weighted by molar-refractivity contribution is 5.71. The Bertz CT molecular complexity index is 104. The smallest absolute Gasteiger partial charge is 0.240 e. The summed E-state index contributed by atoms with van der Waals surface area (Å²) >= 11 is 0. The molecule has 0 bridgehead atoms. The molecule has 0 unspecified atom stereocenters. The van der Waals surface area contributed by atoms with Crippen molar-refractivity contribution in [2.45, 2.75) is 33.3 Å². The number of amides is 1. The van der Waals surface area contributed by atoms with Gasteiger partial charge >= 0.3 is 0 Å². The molecular formula is C6H13NO2. The van der Waals surface area contributed by atoms with E-state index in [1.54, 1.807) is 0 Å². The van der Waals surface area contributed by atoms with E-state index in [0.29, 0.717) is 0 Å². The van der Waals surface area contributed by atoms with Gasteiger partial charge in [0.15, 0.2) is 0 Å². The molecule has 0 atom stereocenters. The molecular weight excluding hydrogens is 118 g/mol. The predicted octanol–water partition coefficient (Wildman–Crippen LogP) is 0.853. The van der Waals surface area contributed by atoms with Crippen molar-refractivity contribution in [3.63, 3.8) is 0 Å². The van der Waals surface area contributed by atoms with Gasteiger partial charge in [0.1, 0.15) is 0 Å². The zero-order valence-corrected chi connectivity index (χ0v) is 6.32. The molecule has 0 aromatic heterocycles. The highest BCUT2D eigenvalue weighted by atomic mass is 16.7. The first-order valence-electron chi connectivity index (χ1n) is 2.86. The summed E-state index contributed by atoms with van der Waals surface area (Å²) in [7, 11) is 0. The van der Waals surface area contributed by atoms with Gasteiger partial charge in [-0.1, -0.05) is 0 Å². The number of hydrogen-bond acceptors (Lipinski definition) is 2. The summed E-state index contributed by atoms with van der Waals surface area (Å²) in [4.78, 5) is 15.1. The second-order valence-electron chi connectivity index (χ2n) is 2.87. The van der Waals surface area contributed by atoms with Gasteiger partial charge in [0, 0.05) is 6.92 Å². The lowest BCUT2D eigenvalue weighted by Crippen LogP contribution is -2.31. The molecule has 0 heterocycles. The van der Waals surface area contributed by atoms with Crippen LogP contribution in [0.1, 0.15) is 27.7 Å². The van der Waals surface area contributed by atoms with E-state index in [4.69, 9.17) is 4.84 Å². The first kappa shape index (κ1) is 8.43. The molecule has 54 valence electrons. The number of rotatable bonds is 1. The van der Waals surface area contributed by atoms with Gasteiger partial charge in [-0.05, 0) is 20.8 Å². The summed E-state index contributed by atoms with van der Waals surface area (Å²) in [6.45, 7) is 7.00. The van der Waals surface area contributed by atoms with E-state index in [1.165, 1.54) is 6.92 Å². The lowest BCUT2D eigenvalue weighted by Gasteiger charge is -2.17. The lowest BCUT2D eigenvalue weighted by atomic mass is 10.2. The summed E-state index contributed by atoms with van der Waals surface area (Å²) in [6, 6.07) is 0. The number of hydroxylamine groups is 1. The van der Waals surface area contributed by atoms with Gasteiger partial charge in [-0.3, -0.25) is 9.63 Å². The molecule has 0 spiro atoms. The minimum Gasteiger partial charge on any atom is -0.273 e. The van der Waals surface area contributed by atoms with Gasteiger partial charge in [-0.2, -0.15) is 0 Å². The normalized spacial score (nSPS) is 11.1. The number of hydrogen-bond donors (Lipinski definition) is 1. The second-order valence-corrected chi connectivity index (χ2v) is 2.87. The quantitative estimate of drug-likeness (QED) is 0.536. The molecule has 1 N–H and O–H groups in total. The number of carbonyl (C=O) groups excluding carboxylic acids is 1. The van der Waals surface area contributed by atoms with E-state index >= 15 is 0 Å². The Morgan fingerprint density at radius 1 is 1.44 bits per heavy atom. The zero-order chi connectivity index (χ0) is 7.49. The molecule has 0 aliphatic rings. The van der Waals surface area contributed by atoms with Crippen LogP contribution in [-0.2, 0) is 9.63 Å². The fourth-order valence-corrected chi connectivity index (χ4v) is 0.225. The lowest BCUT2D eigenvalue weighted by molar-refractivity contribution is -0.143. The van der Waals surface area contributed by atoms with Gasteiger partial charge in [0.05, 0.1) is 5.60 Å². The summed E-state index contributed by atoms with van der Waals surface area (Å²) in [5.74, 6) is -0.176. The van der Waals surface area contributed by atoms with Gasteiger partial charge in [-0.15, -0.1) is 0 Å². The highest BCUT2D eigenvalue weighted by Gasteiger charge is 2.10. The minimum absolute atomic E-state index is 0.176. The fraction of sp³-hybridized carbons (Fsp3) is 0.833. The SMILES string of the molecule is CC(=O)NOC(C)(C)C. The van der Waals surface area contributed by atoms with E-state index < -0.39 is 0 Å². The van der Waals surface area contributed by atoms with Crippen molar-refractivity contribution in [2.24, 2.45) is 0 Å². The maximum Gasteiger partial charge on any atom is 0.240 e. The third-order valence-electron chi connectivity index (χ3n) is 0.501. The van der Waals surface area contributed by atoms with Crippen LogP contribution >= 0.6 is 0 Å². The second kappa shape index (κ2) is 2.82. The Morgan fingerprint density at radius 3 is 2.00 bits per heavy atom. The summed E-state index contributed by atoms with van der Waals surface area (Å²) in [5, 5.41) is 0. The third kappa shape index (κ3) is 7.43. The molecule has 0 saturated heterocycles. The number of nitrogens with one attached hydrogen (secondary N) is 1. The van der Waals surface area contributed by atoms with Crippen molar-refractivity contribution in [1.82, 2.24) is 5.48 Å². The van der Waals surface area contributed by atoms with Gasteiger partial charge in [0.2, 0.25) is 5.91 Å². The standard InChI is InChI=1S/C6H13NO2/c1-5(8)7-9-6(2,3)4/h1-4H3,(H,7,8). The van der Waals surface area contributed by atoms with Crippen LogP contribution in [0.4, 0.5) is 0 Å². The molecule has 3 nitrogen and oxygen atoms in total. The fourth-order valence-electron chi connectivity index (χ4n) is 0.225. The molecule has 0 rings (SSSR count). The van der Waals surface area contributed by atoms with Gasteiger partial charge in [0.25, 0.3) is 0 Å². The highest BCUT2D eigenvalue weighted by Crippen LogP contribution is 2.02. The first-order chi connectivity index (χ1) is 3.92. The predicted molar refractivity (Wildman–Crippen MR) is 34.7 cm³/mol. The van der Waals surface area contributed by atoms with Crippen LogP contribution < -0.4 is 5.48 Å². The maximum absolute atomic E-state index is 10.3. The van der Waals surface area contributed by atoms with E-state index in [-0.39, 0.29) is 11.5 Å². The zero-order valence-electron chi connectivity index (χ0n) is 6.32. The minimum atomic E-state index is -0.300. The molecule has 0 radical (unpaired) electrons. The molecule has 0 aromatic rings. The average molecular weight is 131 g/mol. The molecule has 0 fully saturated rings. The summed E-state index contributed by atoms with van der Waals surface area (Å²) in [6.07, 6.45) is 0. The average Bonchev–Trinajstić information content (AvgIpc) is 1.59. The van der Waals surface area contributed by atoms with Crippen molar-refractivity contribution >= 4 is 5.91 Å². The number of carbonyl (C=O) groups is 1. The molecule has 0 saturated carbocycles. The maximum atomic E-state index is 10.3. The molecule has 1 amide bonds. The van der Waals surface area contributed by atoms with E-state index in [1.807, 2.05) is 20.8 Å². The Kier molecular flexibility index (Phi) is 2.65. The first-order valence-corrected chi connectivity index (χ1v) is 2.86.